The van der Waals surface area contributed by atoms with Crippen LogP contribution in [0.4, 0.5) is 4.39 Å². The molecule has 0 aliphatic rings. The second-order valence-electron chi connectivity index (χ2n) is 5.34. The Morgan fingerprint density at radius 1 is 0.917 bits per heavy atom. The number of hydrogen-bond donors (Lipinski definition) is 0. The maximum Gasteiger partial charge on any atom is 0.229 e. The number of rotatable bonds is 6. The van der Waals surface area contributed by atoms with E-state index in [1.807, 2.05) is 0 Å². The smallest absolute Gasteiger partial charge is 0.229 e. The summed E-state index contributed by atoms with van der Waals surface area (Å²) in [4.78, 5) is 27.9. The highest BCUT2D eigenvalue weighted by Crippen LogP contribution is 2.15. The number of ketones is 2. The monoisotopic (exact) mass is 323 g/mol. The van der Waals surface area contributed by atoms with Gasteiger partial charge in [0, 0.05) is 24.4 Å². The second kappa shape index (κ2) is 7.00. The predicted octanol–water partition coefficient (Wildman–Crippen LogP) is 3.40. The molecule has 4 nitrogen and oxygen atoms in total. The van der Waals surface area contributed by atoms with Gasteiger partial charge in [0.2, 0.25) is 11.6 Å². The lowest BCUT2D eigenvalue weighted by Crippen LogP contribution is -2.16. The predicted molar refractivity (Wildman–Crippen MR) is 85.2 cm³/mol. The maximum absolute atomic E-state index is 12.9. The minimum atomic E-state index is -0.561. The molecule has 3 aromatic rings. The van der Waals surface area contributed by atoms with Crippen LogP contribution in [-0.2, 0) is 17.6 Å². The normalized spacial score (nSPS) is 10.5. The number of halogens is 1. The average Bonchev–Trinajstić information content (AvgIpc) is 3.04. The molecular weight excluding hydrogens is 309 g/mol. The number of carbonyl (C=O) groups excluding carboxylic acids is 2. The molecule has 2 heterocycles. The van der Waals surface area contributed by atoms with E-state index >= 15 is 0 Å². The maximum atomic E-state index is 12.9. The Hall–Kier alpha value is -3.08. The van der Waals surface area contributed by atoms with Crippen molar-refractivity contribution in [1.29, 1.82) is 0 Å². The zero-order chi connectivity index (χ0) is 16.9. The van der Waals surface area contributed by atoms with Crippen molar-refractivity contribution in [3.63, 3.8) is 0 Å². The first-order valence-corrected chi connectivity index (χ1v) is 7.41. The van der Waals surface area contributed by atoms with Crippen molar-refractivity contribution in [2.24, 2.45) is 0 Å². The molecule has 0 bridgehead atoms. The second-order valence-corrected chi connectivity index (χ2v) is 5.34. The fourth-order valence-electron chi connectivity index (χ4n) is 2.32. The zero-order valence-corrected chi connectivity index (χ0v) is 12.7. The minimum Gasteiger partial charge on any atom is -0.465 e. The van der Waals surface area contributed by atoms with Gasteiger partial charge in [0.25, 0.3) is 0 Å². The Labute approximate surface area is 138 Å². The highest BCUT2D eigenvalue weighted by atomic mass is 19.1. The van der Waals surface area contributed by atoms with Crippen molar-refractivity contribution >= 4 is 11.6 Å². The van der Waals surface area contributed by atoms with E-state index in [1.54, 1.807) is 24.3 Å². The number of hydrogen-bond acceptors (Lipinski definition) is 4. The molecule has 0 aliphatic carbocycles. The first-order valence-electron chi connectivity index (χ1n) is 7.41. The van der Waals surface area contributed by atoms with Crippen LogP contribution in [-0.4, -0.2) is 16.6 Å². The molecule has 0 radical (unpaired) electrons. The summed E-state index contributed by atoms with van der Waals surface area (Å²) in [6.45, 7) is 0. The molecule has 0 saturated carbocycles. The highest BCUT2D eigenvalue weighted by Gasteiger charge is 2.18. The van der Waals surface area contributed by atoms with Gasteiger partial charge in [-0.3, -0.25) is 14.6 Å². The lowest BCUT2D eigenvalue weighted by atomic mass is 10.1. The molecule has 120 valence electrons. The molecule has 0 saturated heterocycles. The fourth-order valence-corrected chi connectivity index (χ4v) is 2.32. The molecule has 0 N–H and O–H groups in total. The van der Waals surface area contributed by atoms with E-state index in [-0.39, 0.29) is 12.2 Å². The third-order valence-corrected chi connectivity index (χ3v) is 3.54. The van der Waals surface area contributed by atoms with Gasteiger partial charge in [-0.15, -0.1) is 0 Å². The molecule has 2 aromatic heterocycles. The molecule has 0 amide bonds. The third kappa shape index (κ3) is 3.81. The molecule has 0 spiro atoms. The number of Topliss-reactive ketones (excluding diaryl/α,β-unsaturated/α-hetero) is 2. The van der Waals surface area contributed by atoms with Crippen molar-refractivity contribution in [2.45, 2.75) is 12.8 Å². The van der Waals surface area contributed by atoms with Crippen LogP contribution in [0.1, 0.15) is 27.4 Å². The molecule has 0 atom stereocenters. The van der Waals surface area contributed by atoms with Gasteiger partial charge in [-0.2, -0.15) is 0 Å². The van der Waals surface area contributed by atoms with Crippen LogP contribution in [0.15, 0.2) is 65.3 Å². The zero-order valence-electron chi connectivity index (χ0n) is 12.7. The first kappa shape index (κ1) is 15.8. The lowest BCUT2D eigenvalue weighted by molar-refractivity contribution is -0.114. The van der Waals surface area contributed by atoms with Crippen LogP contribution in [0.5, 0.6) is 0 Å². The van der Waals surface area contributed by atoms with E-state index in [0.29, 0.717) is 23.5 Å². The van der Waals surface area contributed by atoms with Crippen molar-refractivity contribution in [1.82, 2.24) is 4.98 Å². The fraction of sp³-hybridized carbons (Fsp3) is 0.105. The number of nitrogens with zero attached hydrogens (tertiary/aromatic N) is 1. The quantitative estimate of drug-likeness (QED) is 0.515. The van der Waals surface area contributed by atoms with Gasteiger partial charge in [0.15, 0.2) is 0 Å². The van der Waals surface area contributed by atoms with Crippen LogP contribution in [0.2, 0.25) is 0 Å². The van der Waals surface area contributed by atoms with Crippen molar-refractivity contribution in [2.75, 3.05) is 0 Å². The third-order valence-electron chi connectivity index (χ3n) is 3.54. The number of benzene rings is 1. The molecule has 5 heteroatoms. The molecule has 24 heavy (non-hydrogen) atoms. The largest absolute Gasteiger partial charge is 0.465 e. The van der Waals surface area contributed by atoms with Crippen LogP contribution in [0, 0.1) is 5.82 Å². The van der Waals surface area contributed by atoms with Gasteiger partial charge in [-0.1, -0.05) is 12.1 Å². The summed E-state index contributed by atoms with van der Waals surface area (Å²) >= 11 is 0. The summed E-state index contributed by atoms with van der Waals surface area (Å²) in [5.74, 6) is -0.308. The van der Waals surface area contributed by atoms with Gasteiger partial charge in [0.05, 0.1) is 6.42 Å². The number of pyridine rings is 1. The highest BCUT2D eigenvalue weighted by molar-refractivity contribution is 6.43. The van der Waals surface area contributed by atoms with Crippen molar-refractivity contribution in [3.05, 3.63) is 89.4 Å². The number of furan rings is 1. The van der Waals surface area contributed by atoms with Gasteiger partial charge in [-0.25, -0.2) is 4.39 Å². The van der Waals surface area contributed by atoms with Crippen molar-refractivity contribution in [3.8, 4) is 0 Å². The van der Waals surface area contributed by atoms with Gasteiger partial charge >= 0.3 is 0 Å². The summed E-state index contributed by atoms with van der Waals surface area (Å²) in [5, 5.41) is 0. The summed E-state index contributed by atoms with van der Waals surface area (Å²) in [6.07, 6.45) is 3.33. The summed E-state index contributed by atoms with van der Waals surface area (Å²) in [6, 6.07) is 12.6. The standard InChI is InChI=1S/C19H14FNO3/c20-15-3-1-13(2-4-15)11-16-5-6-17(24-16)12-18(22)19(23)14-7-9-21-10-8-14/h1-10H,11-12H2. The molecule has 0 unspecified atom stereocenters. The number of carbonyl (C=O) groups is 2. The summed E-state index contributed by atoms with van der Waals surface area (Å²) in [5.41, 5.74) is 1.21. The van der Waals surface area contributed by atoms with E-state index in [0.717, 1.165) is 5.56 Å². The Morgan fingerprint density at radius 2 is 1.58 bits per heavy atom. The van der Waals surface area contributed by atoms with E-state index in [4.69, 9.17) is 4.42 Å². The Bertz CT molecular complexity index is 854. The first-order chi connectivity index (χ1) is 11.6. The van der Waals surface area contributed by atoms with Crippen LogP contribution in [0.25, 0.3) is 0 Å². The molecule has 0 aliphatic heterocycles. The van der Waals surface area contributed by atoms with Crippen molar-refractivity contribution < 1.29 is 18.4 Å². The molecule has 1 aromatic carbocycles. The lowest BCUT2D eigenvalue weighted by Gasteiger charge is -2.00. The summed E-state index contributed by atoms with van der Waals surface area (Å²) < 4.78 is 18.5. The Kier molecular flexibility index (Phi) is 4.61. The van der Waals surface area contributed by atoms with Crippen LogP contribution >= 0.6 is 0 Å². The molecule has 3 rings (SSSR count). The van der Waals surface area contributed by atoms with Gasteiger partial charge in [-0.05, 0) is 42.0 Å². The topological polar surface area (TPSA) is 60.2 Å². The van der Waals surface area contributed by atoms with Crippen LogP contribution < -0.4 is 0 Å². The average molecular weight is 323 g/mol. The minimum absolute atomic E-state index is 0.0927. The Balaban J connectivity index is 1.64. The van der Waals surface area contributed by atoms with Crippen LogP contribution in [0.3, 0.4) is 0 Å². The molecular formula is C19H14FNO3. The van der Waals surface area contributed by atoms with E-state index < -0.39 is 11.6 Å². The SMILES string of the molecule is O=C(Cc1ccc(Cc2ccc(F)cc2)o1)C(=O)c1ccncc1. The van der Waals surface area contributed by atoms with E-state index in [9.17, 15) is 14.0 Å². The van der Waals surface area contributed by atoms with Gasteiger partial charge in [0.1, 0.15) is 17.3 Å². The van der Waals surface area contributed by atoms with E-state index in [2.05, 4.69) is 4.98 Å². The summed E-state index contributed by atoms with van der Waals surface area (Å²) in [7, 11) is 0. The molecule has 0 fully saturated rings. The number of aromatic nitrogens is 1. The Morgan fingerprint density at radius 3 is 2.29 bits per heavy atom. The van der Waals surface area contributed by atoms with E-state index in [1.165, 1.54) is 36.7 Å². The van der Waals surface area contributed by atoms with Gasteiger partial charge < -0.3 is 4.42 Å².